The van der Waals surface area contributed by atoms with Crippen molar-refractivity contribution in [1.82, 2.24) is 4.90 Å². The predicted molar refractivity (Wildman–Crippen MR) is 96.1 cm³/mol. The number of fused-ring (bicyclic) bond motifs is 1. The first-order valence-electron chi connectivity index (χ1n) is 8.93. The molecule has 1 heterocycles. The minimum absolute atomic E-state index is 0.186. The van der Waals surface area contributed by atoms with Crippen LogP contribution in [0, 0.1) is 5.92 Å². The van der Waals surface area contributed by atoms with Gasteiger partial charge in [-0.1, -0.05) is 42.5 Å². The minimum Gasteiger partial charge on any atom is -0.338 e. The van der Waals surface area contributed by atoms with Crippen molar-refractivity contribution in [3.8, 4) is 0 Å². The van der Waals surface area contributed by atoms with Crippen LogP contribution in [-0.4, -0.2) is 30.4 Å². The highest BCUT2D eigenvalue weighted by Crippen LogP contribution is 2.34. The van der Waals surface area contributed by atoms with Crippen LogP contribution in [0.3, 0.4) is 0 Å². The number of nitrogens with zero attached hydrogens (tertiary/aromatic N) is 1. The standard InChI is InChI=1S/C21H24N2O/c22-12-17-13-23(14-20(17)16-6-2-1-3-7-16)21(24)19-11-5-9-15-8-4-10-18(15)19/h1-3,5-7,9,11,17,20H,4,8,10,12-14,22H2/t17-,20+/m1/s1. The maximum Gasteiger partial charge on any atom is 0.254 e. The third kappa shape index (κ3) is 2.63. The van der Waals surface area contributed by atoms with E-state index in [0.29, 0.717) is 18.4 Å². The number of carbonyl (C=O) groups excluding carboxylic acids is 1. The Bertz CT molecular complexity index is 741. The summed E-state index contributed by atoms with van der Waals surface area (Å²) in [5.74, 6) is 0.871. The summed E-state index contributed by atoms with van der Waals surface area (Å²) in [7, 11) is 0. The molecule has 3 heteroatoms. The second-order valence-corrected chi connectivity index (χ2v) is 7.02. The summed E-state index contributed by atoms with van der Waals surface area (Å²) < 4.78 is 0. The van der Waals surface area contributed by atoms with Crippen molar-refractivity contribution in [3.63, 3.8) is 0 Å². The molecule has 0 spiro atoms. The number of carbonyl (C=O) groups is 1. The van der Waals surface area contributed by atoms with Gasteiger partial charge in [0.2, 0.25) is 0 Å². The van der Waals surface area contributed by atoms with Crippen molar-refractivity contribution < 1.29 is 4.79 Å². The van der Waals surface area contributed by atoms with Gasteiger partial charge in [-0.3, -0.25) is 4.79 Å². The molecule has 2 aromatic rings. The maximum atomic E-state index is 13.1. The lowest BCUT2D eigenvalue weighted by Gasteiger charge is -2.18. The molecule has 0 aromatic heterocycles. The van der Waals surface area contributed by atoms with Gasteiger partial charge in [-0.15, -0.1) is 0 Å². The third-order valence-electron chi connectivity index (χ3n) is 5.64. The molecule has 1 aliphatic carbocycles. The smallest absolute Gasteiger partial charge is 0.254 e. The van der Waals surface area contributed by atoms with E-state index in [9.17, 15) is 4.79 Å². The van der Waals surface area contributed by atoms with Gasteiger partial charge in [-0.25, -0.2) is 0 Å². The number of amides is 1. The van der Waals surface area contributed by atoms with Gasteiger partial charge in [0.25, 0.3) is 5.91 Å². The van der Waals surface area contributed by atoms with Gasteiger partial charge < -0.3 is 10.6 Å². The van der Waals surface area contributed by atoms with Crippen LogP contribution in [0.25, 0.3) is 0 Å². The molecular formula is C21H24N2O. The molecule has 0 bridgehead atoms. The molecule has 0 radical (unpaired) electrons. The normalized spacial score (nSPS) is 22.6. The minimum atomic E-state index is 0.186. The molecule has 2 aliphatic rings. The topological polar surface area (TPSA) is 46.3 Å². The van der Waals surface area contributed by atoms with Crippen LogP contribution in [0.5, 0.6) is 0 Å². The Labute approximate surface area is 143 Å². The van der Waals surface area contributed by atoms with Gasteiger partial charge in [-0.2, -0.15) is 0 Å². The van der Waals surface area contributed by atoms with Crippen LogP contribution < -0.4 is 5.73 Å². The first kappa shape index (κ1) is 15.4. The molecule has 4 rings (SSSR count). The maximum absolute atomic E-state index is 13.1. The SMILES string of the molecule is NC[C@@H]1CN(C(=O)c2cccc3c2CCC3)C[C@H]1c1ccccc1. The van der Waals surface area contributed by atoms with E-state index in [1.54, 1.807) is 0 Å². The molecule has 24 heavy (non-hydrogen) atoms. The van der Waals surface area contributed by atoms with Crippen LogP contribution in [0.15, 0.2) is 48.5 Å². The Morgan fingerprint density at radius 2 is 1.88 bits per heavy atom. The number of hydrogen-bond donors (Lipinski definition) is 1. The quantitative estimate of drug-likeness (QED) is 0.945. The lowest BCUT2D eigenvalue weighted by atomic mass is 9.89. The zero-order valence-corrected chi connectivity index (χ0v) is 13.9. The molecule has 2 N–H and O–H groups in total. The Hall–Kier alpha value is -2.13. The average molecular weight is 320 g/mol. The van der Waals surface area contributed by atoms with Gasteiger partial charge in [-0.05, 0) is 54.5 Å². The van der Waals surface area contributed by atoms with Crippen molar-refractivity contribution in [1.29, 1.82) is 0 Å². The van der Waals surface area contributed by atoms with E-state index in [4.69, 9.17) is 5.73 Å². The lowest BCUT2D eigenvalue weighted by molar-refractivity contribution is 0.0785. The zero-order valence-electron chi connectivity index (χ0n) is 13.9. The summed E-state index contributed by atoms with van der Waals surface area (Å²) in [6.45, 7) is 2.16. The number of aryl methyl sites for hydroxylation is 1. The summed E-state index contributed by atoms with van der Waals surface area (Å²) in [5.41, 5.74) is 10.8. The van der Waals surface area contributed by atoms with Crippen LogP contribution >= 0.6 is 0 Å². The number of nitrogens with two attached hydrogens (primary N) is 1. The summed E-state index contributed by atoms with van der Waals surface area (Å²) in [4.78, 5) is 15.1. The van der Waals surface area contributed by atoms with Gasteiger partial charge in [0.05, 0.1) is 0 Å². The van der Waals surface area contributed by atoms with E-state index in [1.165, 1.54) is 16.7 Å². The second-order valence-electron chi connectivity index (χ2n) is 7.02. The average Bonchev–Trinajstić information content (AvgIpc) is 3.28. The fourth-order valence-corrected chi connectivity index (χ4v) is 4.34. The van der Waals surface area contributed by atoms with Crippen molar-refractivity contribution in [3.05, 3.63) is 70.8 Å². The largest absolute Gasteiger partial charge is 0.338 e. The highest BCUT2D eigenvalue weighted by Gasteiger charge is 2.36. The molecule has 2 atom stereocenters. The third-order valence-corrected chi connectivity index (χ3v) is 5.64. The van der Waals surface area contributed by atoms with Crippen LogP contribution in [0.2, 0.25) is 0 Å². The molecular weight excluding hydrogens is 296 g/mol. The van der Waals surface area contributed by atoms with Gasteiger partial charge in [0, 0.05) is 24.6 Å². The molecule has 3 nitrogen and oxygen atoms in total. The summed E-state index contributed by atoms with van der Waals surface area (Å²) in [5, 5.41) is 0. The van der Waals surface area contributed by atoms with Crippen LogP contribution in [-0.2, 0) is 12.8 Å². The first-order chi connectivity index (χ1) is 11.8. The Balaban J connectivity index is 1.59. The Morgan fingerprint density at radius 3 is 2.67 bits per heavy atom. The fraction of sp³-hybridized carbons (Fsp3) is 0.381. The molecule has 0 saturated carbocycles. The second kappa shape index (κ2) is 6.40. The van der Waals surface area contributed by atoms with Crippen LogP contribution in [0.4, 0.5) is 0 Å². The number of rotatable bonds is 3. The summed E-state index contributed by atoms with van der Waals surface area (Å²) in [6.07, 6.45) is 3.31. The van der Waals surface area contributed by atoms with Gasteiger partial charge in [0.1, 0.15) is 0 Å². The zero-order chi connectivity index (χ0) is 16.5. The molecule has 0 unspecified atom stereocenters. The number of benzene rings is 2. The van der Waals surface area contributed by atoms with E-state index in [0.717, 1.165) is 37.9 Å². The van der Waals surface area contributed by atoms with E-state index in [2.05, 4.69) is 30.3 Å². The molecule has 1 amide bonds. The van der Waals surface area contributed by atoms with E-state index in [-0.39, 0.29) is 5.91 Å². The molecule has 124 valence electrons. The molecule has 1 aliphatic heterocycles. The van der Waals surface area contributed by atoms with E-state index in [1.807, 2.05) is 23.1 Å². The summed E-state index contributed by atoms with van der Waals surface area (Å²) >= 11 is 0. The fourth-order valence-electron chi connectivity index (χ4n) is 4.34. The van der Waals surface area contributed by atoms with Crippen molar-refractivity contribution in [2.75, 3.05) is 19.6 Å². The van der Waals surface area contributed by atoms with Crippen molar-refractivity contribution in [2.45, 2.75) is 25.2 Å². The van der Waals surface area contributed by atoms with Crippen molar-refractivity contribution >= 4 is 5.91 Å². The molecule has 1 fully saturated rings. The molecule has 1 saturated heterocycles. The number of likely N-dealkylation sites (tertiary alicyclic amines) is 1. The molecule has 2 aromatic carbocycles. The first-order valence-corrected chi connectivity index (χ1v) is 8.93. The van der Waals surface area contributed by atoms with Crippen molar-refractivity contribution in [2.24, 2.45) is 11.7 Å². The lowest BCUT2D eigenvalue weighted by Crippen LogP contribution is -2.30. The highest BCUT2D eigenvalue weighted by atomic mass is 16.2. The van der Waals surface area contributed by atoms with Gasteiger partial charge >= 0.3 is 0 Å². The number of hydrogen-bond acceptors (Lipinski definition) is 2. The predicted octanol–water partition coefficient (Wildman–Crippen LogP) is 2.99. The summed E-state index contributed by atoms with van der Waals surface area (Å²) in [6, 6.07) is 16.7. The monoisotopic (exact) mass is 320 g/mol. The van der Waals surface area contributed by atoms with Crippen LogP contribution in [0.1, 0.15) is 39.4 Å². The van der Waals surface area contributed by atoms with E-state index >= 15 is 0 Å². The Morgan fingerprint density at radius 1 is 1.04 bits per heavy atom. The Kier molecular flexibility index (Phi) is 4.11. The van der Waals surface area contributed by atoms with E-state index < -0.39 is 0 Å². The van der Waals surface area contributed by atoms with Gasteiger partial charge in [0.15, 0.2) is 0 Å². The highest BCUT2D eigenvalue weighted by molar-refractivity contribution is 5.96.